The summed E-state index contributed by atoms with van der Waals surface area (Å²) < 4.78 is 26.8. The molecule has 1 heterocycles. The van der Waals surface area contributed by atoms with E-state index in [-0.39, 0.29) is 19.0 Å². The van der Waals surface area contributed by atoms with Crippen LogP contribution in [0.3, 0.4) is 0 Å². The number of benzene rings is 2. The van der Waals surface area contributed by atoms with Gasteiger partial charge in [0.2, 0.25) is 5.91 Å². The first kappa shape index (κ1) is 20.4. The molecule has 3 rings (SSSR count). The van der Waals surface area contributed by atoms with Crippen molar-refractivity contribution < 1.29 is 13.6 Å². The minimum Gasteiger partial charge on any atom is -0.339 e. The van der Waals surface area contributed by atoms with Crippen LogP contribution in [-0.2, 0) is 17.9 Å². The highest BCUT2D eigenvalue weighted by Gasteiger charge is 2.22. The Morgan fingerprint density at radius 2 is 1.75 bits per heavy atom. The van der Waals surface area contributed by atoms with Crippen molar-refractivity contribution in [2.75, 3.05) is 39.8 Å². The molecule has 1 amide bonds. The zero-order chi connectivity index (χ0) is 20.1. The summed E-state index contributed by atoms with van der Waals surface area (Å²) in [5.74, 6) is -1.13. The molecule has 150 valence electrons. The first-order chi connectivity index (χ1) is 13.4. The van der Waals surface area contributed by atoms with Gasteiger partial charge in [-0.05, 0) is 31.2 Å². The number of piperazine rings is 1. The normalized spacial score (nSPS) is 15.2. The molecular weight excluding hydrogens is 360 g/mol. The van der Waals surface area contributed by atoms with Crippen molar-refractivity contribution >= 4 is 5.91 Å². The van der Waals surface area contributed by atoms with Crippen molar-refractivity contribution in [3.05, 3.63) is 70.8 Å². The second-order valence-electron chi connectivity index (χ2n) is 7.49. The number of amides is 1. The minimum atomic E-state index is -0.594. The number of rotatable bonds is 6. The molecule has 0 spiro atoms. The molecule has 0 atom stereocenters. The van der Waals surface area contributed by atoms with Gasteiger partial charge in [0.1, 0.15) is 11.6 Å². The third-order valence-electron chi connectivity index (χ3n) is 5.24. The molecule has 0 bridgehead atoms. The number of carbonyl (C=O) groups is 1. The standard InChI is InChI=1S/C22H27F2N3O/c1-17-5-3-4-6-18(17)15-26-9-11-27(12-10-26)22(28)16-25(2)14-19-7-8-20(23)13-21(19)24/h3-8,13H,9-12,14-16H2,1-2H3. The van der Waals surface area contributed by atoms with Crippen molar-refractivity contribution in [1.82, 2.24) is 14.7 Å². The van der Waals surface area contributed by atoms with Gasteiger partial charge >= 0.3 is 0 Å². The summed E-state index contributed by atoms with van der Waals surface area (Å²) in [4.78, 5) is 18.6. The summed E-state index contributed by atoms with van der Waals surface area (Å²) in [6.45, 7) is 6.59. The Morgan fingerprint density at radius 3 is 2.43 bits per heavy atom. The molecule has 1 saturated heterocycles. The molecule has 2 aromatic carbocycles. The highest BCUT2D eigenvalue weighted by atomic mass is 19.1. The zero-order valence-electron chi connectivity index (χ0n) is 16.5. The fraction of sp³-hybridized carbons (Fsp3) is 0.409. The highest BCUT2D eigenvalue weighted by Crippen LogP contribution is 2.14. The summed E-state index contributed by atoms with van der Waals surface area (Å²) in [6.07, 6.45) is 0. The zero-order valence-corrected chi connectivity index (χ0v) is 16.5. The lowest BCUT2D eigenvalue weighted by Crippen LogP contribution is -2.50. The maximum absolute atomic E-state index is 13.8. The molecule has 28 heavy (non-hydrogen) atoms. The molecule has 0 aromatic heterocycles. The summed E-state index contributed by atoms with van der Waals surface area (Å²) in [5.41, 5.74) is 3.00. The number of nitrogens with zero attached hydrogens (tertiary/aromatic N) is 3. The molecule has 1 aliphatic heterocycles. The monoisotopic (exact) mass is 387 g/mol. The predicted molar refractivity (Wildman–Crippen MR) is 106 cm³/mol. The van der Waals surface area contributed by atoms with Gasteiger partial charge in [0.25, 0.3) is 0 Å². The lowest BCUT2D eigenvalue weighted by Gasteiger charge is -2.35. The van der Waals surface area contributed by atoms with Crippen molar-refractivity contribution in [2.24, 2.45) is 0 Å². The lowest BCUT2D eigenvalue weighted by atomic mass is 10.1. The molecule has 0 radical (unpaired) electrons. The van der Waals surface area contributed by atoms with Crippen molar-refractivity contribution in [2.45, 2.75) is 20.0 Å². The van der Waals surface area contributed by atoms with Crippen LogP contribution in [0.15, 0.2) is 42.5 Å². The number of hydrogen-bond acceptors (Lipinski definition) is 3. The summed E-state index contributed by atoms with van der Waals surface area (Å²) in [6, 6.07) is 11.9. The van der Waals surface area contributed by atoms with E-state index in [1.165, 1.54) is 23.3 Å². The topological polar surface area (TPSA) is 26.8 Å². The lowest BCUT2D eigenvalue weighted by molar-refractivity contribution is -0.134. The van der Waals surface area contributed by atoms with Gasteiger partial charge in [0, 0.05) is 50.9 Å². The Hall–Kier alpha value is -2.31. The van der Waals surface area contributed by atoms with E-state index in [1.54, 1.807) is 11.9 Å². The van der Waals surface area contributed by atoms with Crippen molar-refractivity contribution in [1.29, 1.82) is 0 Å². The van der Waals surface area contributed by atoms with Crippen LogP contribution in [0.2, 0.25) is 0 Å². The van der Waals surface area contributed by atoms with E-state index in [0.717, 1.165) is 25.7 Å². The van der Waals surface area contributed by atoms with E-state index in [1.807, 2.05) is 11.0 Å². The molecule has 0 aliphatic carbocycles. The quantitative estimate of drug-likeness (QED) is 0.762. The smallest absolute Gasteiger partial charge is 0.236 e. The van der Waals surface area contributed by atoms with Gasteiger partial charge in [-0.15, -0.1) is 0 Å². The third kappa shape index (κ3) is 5.36. The van der Waals surface area contributed by atoms with E-state index in [9.17, 15) is 13.6 Å². The van der Waals surface area contributed by atoms with Crippen LogP contribution in [0.25, 0.3) is 0 Å². The van der Waals surface area contributed by atoms with E-state index < -0.39 is 11.6 Å². The molecular formula is C22H27F2N3O. The third-order valence-corrected chi connectivity index (χ3v) is 5.24. The second-order valence-corrected chi connectivity index (χ2v) is 7.49. The Balaban J connectivity index is 1.46. The fourth-order valence-corrected chi connectivity index (χ4v) is 3.51. The van der Waals surface area contributed by atoms with Crippen LogP contribution in [0.4, 0.5) is 8.78 Å². The van der Waals surface area contributed by atoms with Crippen molar-refractivity contribution in [3.8, 4) is 0 Å². The molecule has 0 N–H and O–H groups in total. The van der Waals surface area contributed by atoms with Crippen LogP contribution in [-0.4, -0.2) is 60.4 Å². The molecule has 0 saturated carbocycles. The Kier molecular flexibility index (Phi) is 6.75. The number of halogens is 2. The van der Waals surface area contributed by atoms with Gasteiger partial charge in [-0.1, -0.05) is 30.3 Å². The summed E-state index contributed by atoms with van der Waals surface area (Å²) in [5, 5.41) is 0. The van der Waals surface area contributed by atoms with Crippen LogP contribution >= 0.6 is 0 Å². The van der Waals surface area contributed by atoms with Crippen molar-refractivity contribution in [3.63, 3.8) is 0 Å². The van der Waals surface area contributed by atoms with Crippen LogP contribution in [0.1, 0.15) is 16.7 Å². The first-order valence-corrected chi connectivity index (χ1v) is 9.59. The van der Waals surface area contributed by atoms with Gasteiger partial charge in [-0.2, -0.15) is 0 Å². The van der Waals surface area contributed by atoms with Gasteiger partial charge in [-0.3, -0.25) is 14.6 Å². The largest absolute Gasteiger partial charge is 0.339 e. The summed E-state index contributed by atoms with van der Waals surface area (Å²) >= 11 is 0. The molecule has 2 aromatic rings. The number of aryl methyl sites for hydroxylation is 1. The minimum absolute atomic E-state index is 0.0422. The number of carbonyl (C=O) groups excluding carboxylic acids is 1. The molecule has 1 aliphatic rings. The van der Waals surface area contributed by atoms with Gasteiger partial charge in [0.05, 0.1) is 6.54 Å². The Bertz CT molecular complexity index is 819. The second kappa shape index (κ2) is 9.26. The summed E-state index contributed by atoms with van der Waals surface area (Å²) in [7, 11) is 1.77. The van der Waals surface area contributed by atoms with E-state index in [0.29, 0.717) is 18.7 Å². The van der Waals surface area contributed by atoms with Crippen LogP contribution in [0, 0.1) is 18.6 Å². The SMILES string of the molecule is Cc1ccccc1CN1CCN(C(=O)CN(C)Cc2ccc(F)cc2F)CC1. The average Bonchev–Trinajstić information content (AvgIpc) is 2.66. The van der Waals surface area contributed by atoms with Crippen LogP contribution < -0.4 is 0 Å². The maximum atomic E-state index is 13.8. The van der Waals surface area contributed by atoms with E-state index in [4.69, 9.17) is 0 Å². The first-order valence-electron chi connectivity index (χ1n) is 9.59. The predicted octanol–water partition coefficient (Wildman–Crippen LogP) is 3.05. The highest BCUT2D eigenvalue weighted by molar-refractivity contribution is 5.78. The number of hydrogen-bond donors (Lipinski definition) is 0. The number of likely N-dealkylation sites (N-methyl/N-ethyl adjacent to an activating group) is 1. The molecule has 4 nitrogen and oxygen atoms in total. The fourth-order valence-electron chi connectivity index (χ4n) is 3.51. The molecule has 1 fully saturated rings. The Labute approximate surface area is 165 Å². The van der Waals surface area contributed by atoms with Gasteiger partial charge < -0.3 is 4.90 Å². The van der Waals surface area contributed by atoms with Crippen LogP contribution in [0.5, 0.6) is 0 Å². The molecule has 6 heteroatoms. The molecule has 0 unspecified atom stereocenters. The van der Waals surface area contributed by atoms with E-state index >= 15 is 0 Å². The maximum Gasteiger partial charge on any atom is 0.236 e. The average molecular weight is 387 g/mol. The van der Waals surface area contributed by atoms with Gasteiger partial charge in [0.15, 0.2) is 0 Å². The van der Waals surface area contributed by atoms with Gasteiger partial charge in [-0.25, -0.2) is 8.78 Å². The Morgan fingerprint density at radius 1 is 1.04 bits per heavy atom. The van der Waals surface area contributed by atoms with E-state index in [2.05, 4.69) is 30.0 Å².